The summed E-state index contributed by atoms with van der Waals surface area (Å²) in [6.07, 6.45) is -2.98. The predicted molar refractivity (Wildman–Crippen MR) is 81.1 cm³/mol. The summed E-state index contributed by atoms with van der Waals surface area (Å²) in [4.78, 5) is 16.4. The molecule has 2 aromatic carbocycles. The lowest BCUT2D eigenvalue weighted by molar-refractivity contribution is -0.137. The van der Waals surface area contributed by atoms with Gasteiger partial charge in [0.25, 0.3) is 5.91 Å². The van der Waals surface area contributed by atoms with Gasteiger partial charge in [0, 0.05) is 11.6 Å². The maximum absolute atomic E-state index is 13.0. The van der Waals surface area contributed by atoms with E-state index in [1.807, 2.05) is 0 Å². The van der Waals surface area contributed by atoms with Gasteiger partial charge in [0.05, 0.1) is 22.3 Å². The zero-order chi connectivity index (χ0) is 16.4. The summed E-state index contributed by atoms with van der Waals surface area (Å²) in [6.45, 7) is 0. The number of fused-ring (bicyclic) bond motifs is 1. The van der Waals surface area contributed by atoms with Crippen LogP contribution in [0.25, 0.3) is 10.9 Å². The Bertz CT molecular complexity index is 870. The molecule has 0 saturated carbocycles. The number of carbonyl (C=O) groups is 1. The molecule has 23 heavy (non-hydrogen) atoms. The van der Waals surface area contributed by atoms with Crippen LogP contribution in [0.4, 0.5) is 18.9 Å². The Labute approximate surface area is 129 Å². The number of carbonyl (C=O) groups excluding carboxylic acids is 1. The first-order valence-electron chi connectivity index (χ1n) is 6.78. The second-order valence-corrected chi connectivity index (χ2v) is 4.87. The third kappa shape index (κ3) is 3.01. The Morgan fingerprint density at radius 1 is 0.957 bits per heavy atom. The summed E-state index contributed by atoms with van der Waals surface area (Å²) < 4.78 is 39.0. The highest BCUT2D eigenvalue weighted by Crippen LogP contribution is 2.32. The first-order chi connectivity index (χ1) is 11.0. The Morgan fingerprint density at radius 2 is 1.74 bits per heavy atom. The normalized spacial score (nSPS) is 11.4. The summed E-state index contributed by atoms with van der Waals surface area (Å²) >= 11 is 0. The third-order valence-corrected chi connectivity index (χ3v) is 3.37. The molecule has 0 aliphatic carbocycles. The van der Waals surface area contributed by atoms with Gasteiger partial charge in [-0.2, -0.15) is 13.2 Å². The molecule has 3 rings (SSSR count). The van der Waals surface area contributed by atoms with E-state index in [1.165, 1.54) is 12.1 Å². The molecule has 3 aromatic rings. The van der Waals surface area contributed by atoms with Crippen LogP contribution in [0.5, 0.6) is 0 Å². The number of halogens is 3. The molecule has 0 unspecified atom stereocenters. The van der Waals surface area contributed by atoms with E-state index < -0.39 is 23.2 Å². The van der Waals surface area contributed by atoms with Gasteiger partial charge in [-0.1, -0.05) is 18.2 Å². The zero-order valence-electron chi connectivity index (χ0n) is 11.8. The van der Waals surface area contributed by atoms with E-state index in [2.05, 4.69) is 10.3 Å². The SMILES string of the molecule is O=C(Nc1cccc2ncccc12)c1ccccc1C(F)(F)F. The maximum Gasteiger partial charge on any atom is 0.417 e. The van der Waals surface area contributed by atoms with Crippen molar-refractivity contribution in [2.45, 2.75) is 6.18 Å². The highest BCUT2D eigenvalue weighted by Gasteiger charge is 2.34. The van der Waals surface area contributed by atoms with Crippen molar-refractivity contribution < 1.29 is 18.0 Å². The number of pyridine rings is 1. The maximum atomic E-state index is 13.0. The van der Waals surface area contributed by atoms with Gasteiger partial charge in [-0.25, -0.2) is 0 Å². The van der Waals surface area contributed by atoms with E-state index in [0.717, 1.165) is 12.1 Å². The van der Waals surface area contributed by atoms with E-state index in [0.29, 0.717) is 16.6 Å². The van der Waals surface area contributed by atoms with Crippen molar-refractivity contribution >= 4 is 22.5 Å². The Kier molecular flexibility index (Phi) is 3.73. The van der Waals surface area contributed by atoms with Crippen molar-refractivity contribution in [1.29, 1.82) is 0 Å². The van der Waals surface area contributed by atoms with Crippen molar-refractivity contribution in [3.8, 4) is 0 Å². The molecular formula is C17H11F3N2O. The van der Waals surface area contributed by atoms with Gasteiger partial charge < -0.3 is 5.32 Å². The summed E-state index contributed by atoms with van der Waals surface area (Å²) in [6, 6.07) is 13.2. The number of amides is 1. The summed E-state index contributed by atoms with van der Waals surface area (Å²) in [7, 11) is 0. The molecule has 0 spiro atoms. The number of aromatic nitrogens is 1. The monoisotopic (exact) mass is 316 g/mol. The molecule has 116 valence electrons. The van der Waals surface area contributed by atoms with Crippen molar-refractivity contribution in [2.24, 2.45) is 0 Å². The van der Waals surface area contributed by atoms with Crippen molar-refractivity contribution in [3.63, 3.8) is 0 Å². The number of alkyl halides is 3. The second kappa shape index (κ2) is 5.72. The fourth-order valence-electron chi connectivity index (χ4n) is 2.33. The van der Waals surface area contributed by atoms with Gasteiger partial charge in [-0.15, -0.1) is 0 Å². The van der Waals surface area contributed by atoms with Crippen LogP contribution in [0.3, 0.4) is 0 Å². The van der Waals surface area contributed by atoms with Crippen molar-refractivity contribution in [1.82, 2.24) is 4.98 Å². The van der Waals surface area contributed by atoms with Crippen LogP contribution in [0, 0.1) is 0 Å². The molecule has 0 radical (unpaired) electrons. The van der Waals surface area contributed by atoms with Gasteiger partial charge in [-0.05, 0) is 36.4 Å². The topological polar surface area (TPSA) is 42.0 Å². The number of anilines is 1. The van der Waals surface area contributed by atoms with E-state index in [9.17, 15) is 18.0 Å². The molecule has 0 fully saturated rings. The molecule has 0 aliphatic rings. The van der Waals surface area contributed by atoms with Crippen molar-refractivity contribution in [3.05, 3.63) is 71.9 Å². The number of nitrogens with one attached hydrogen (secondary N) is 1. The first kappa shape index (κ1) is 15.0. The molecule has 1 N–H and O–H groups in total. The minimum Gasteiger partial charge on any atom is -0.321 e. The molecule has 0 aliphatic heterocycles. The lowest BCUT2D eigenvalue weighted by Crippen LogP contribution is -2.18. The number of hydrogen-bond donors (Lipinski definition) is 1. The molecule has 1 amide bonds. The molecule has 3 nitrogen and oxygen atoms in total. The first-order valence-corrected chi connectivity index (χ1v) is 6.78. The Morgan fingerprint density at radius 3 is 2.52 bits per heavy atom. The quantitative estimate of drug-likeness (QED) is 0.756. The average Bonchev–Trinajstić information content (AvgIpc) is 2.54. The highest BCUT2D eigenvalue weighted by atomic mass is 19.4. The molecule has 0 bridgehead atoms. The second-order valence-electron chi connectivity index (χ2n) is 4.87. The summed E-state index contributed by atoms with van der Waals surface area (Å²) in [5.41, 5.74) is -0.316. The van der Waals surface area contributed by atoms with Gasteiger partial charge in [0.2, 0.25) is 0 Å². The summed E-state index contributed by atoms with van der Waals surface area (Å²) in [5, 5.41) is 3.19. The van der Waals surface area contributed by atoms with Crippen molar-refractivity contribution in [2.75, 3.05) is 5.32 Å². The molecule has 1 heterocycles. The largest absolute Gasteiger partial charge is 0.417 e. The van der Waals surface area contributed by atoms with E-state index in [1.54, 1.807) is 36.5 Å². The van der Waals surface area contributed by atoms with Gasteiger partial charge >= 0.3 is 6.18 Å². The fourth-order valence-corrected chi connectivity index (χ4v) is 2.33. The molecule has 0 saturated heterocycles. The third-order valence-electron chi connectivity index (χ3n) is 3.37. The van der Waals surface area contributed by atoms with Gasteiger partial charge in [0.1, 0.15) is 0 Å². The minimum atomic E-state index is -4.59. The van der Waals surface area contributed by atoms with Gasteiger partial charge in [-0.3, -0.25) is 9.78 Å². The number of benzene rings is 2. The van der Waals surface area contributed by atoms with E-state index >= 15 is 0 Å². The van der Waals surface area contributed by atoms with Crippen LogP contribution in [0.2, 0.25) is 0 Å². The highest BCUT2D eigenvalue weighted by molar-refractivity contribution is 6.09. The lowest BCUT2D eigenvalue weighted by Gasteiger charge is -2.13. The van der Waals surface area contributed by atoms with E-state index in [4.69, 9.17) is 0 Å². The van der Waals surface area contributed by atoms with Crippen LogP contribution < -0.4 is 5.32 Å². The van der Waals surface area contributed by atoms with Crippen LogP contribution in [0.15, 0.2) is 60.8 Å². The lowest BCUT2D eigenvalue weighted by atomic mass is 10.1. The Hall–Kier alpha value is -2.89. The average molecular weight is 316 g/mol. The number of hydrogen-bond acceptors (Lipinski definition) is 2. The van der Waals surface area contributed by atoms with Gasteiger partial charge in [0.15, 0.2) is 0 Å². The van der Waals surface area contributed by atoms with Crippen LogP contribution in [-0.4, -0.2) is 10.9 Å². The smallest absolute Gasteiger partial charge is 0.321 e. The molecule has 1 aromatic heterocycles. The predicted octanol–water partition coefficient (Wildman–Crippen LogP) is 4.51. The number of nitrogens with zero attached hydrogens (tertiary/aromatic N) is 1. The van der Waals surface area contributed by atoms with Crippen LogP contribution in [-0.2, 0) is 6.18 Å². The molecule has 0 atom stereocenters. The Balaban J connectivity index is 2.00. The van der Waals surface area contributed by atoms with E-state index in [-0.39, 0.29) is 0 Å². The minimum absolute atomic E-state index is 0.414. The molecule has 6 heteroatoms. The fraction of sp³-hybridized carbons (Fsp3) is 0.0588. The van der Waals surface area contributed by atoms with Crippen LogP contribution in [0.1, 0.15) is 15.9 Å². The zero-order valence-corrected chi connectivity index (χ0v) is 11.8. The number of rotatable bonds is 2. The standard InChI is InChI=1S/C17H11F3N2O/c18-17(19,20)13-7-2-1-5-11(13)16(23)22-15-9-3-8-14-12(15)6-4-10-21-14/h1-10H,(H,22,23). The molecular weight excluding hydrogens is 305 g/mol. The summed E-state index contributed by atoms with van der Waals surface area (Å²) in [5.74, 6) is -0.811. The van der Waals surface area contributed by atoms with Crippen LogP contribution >= 0.6 is 0 Å².